The summed E-state index contributed by atoms with van der Waals surface area (Å²) in [6.45, 7) is 3.32. The minimum absolute atomic E-state index is 0.172. The number of sulfonamides is 1. The number of piperidine rings is 1. The molecule has 160 valence electrons. The maximum absolute atomic E-state index is 12.8. The van der Waals surface area contributed by atoms with Crippen molar-refractivity contribution in [3.8, 4) is 0 Å². The van der Waals surface area contributed by atoms with Crippen molar-refractivity contribution in [1.29, 1.82) is 0 Å². The molecule has 2 aromatic carbocycles. The van der Waals surface area contributed by atoms with Crippen molar-refractivity contribution in [1.82, 2.24) is 18.8 Å². The van der Waals surface area contributed by atoms with E-state index in [1.807, 2.05) is 6.07 Å². The number of likely N-dealkylation sites (tertiary alicyclic amines) is 1. The predicted octanol–water partition coefficient (Wildman–Crippen LogP) is 2.07. The van der Waals surface area contributed by atoms with Crippen molar-refractivity contribution in [2.45, 2.75) is 24.3 Å². The molecule has 8 heteroatoms. The summed E-state index contributed by atoms with van der Waals surface area (Å²) in [5.74, 6) is 0.330. The Labute approximate surface area is 177 Å². The van der Waals surface area contributed by atoms with Crippen LogP contribution in [0.1, 0.15) is 18.4 Å². The lowest BCUT2D eigenvalue weighted by Crippen LogP contribution is -2.38. The van der Waals surface area contributed by atoms with Gasteiger partial charge in [0.1, 0.15) is 0 Å². The third-order valence-corrected chi connectivity index (χ3v) is 7.49. The molecule has 1 N–H and O–H groups in total. The molecule has 0 radical (unpaired) electrons. The van der Waals surface area contributed by atoms with Crippen molar-refractivity contribution in [2.75, 3.05) is 19.6 Å². The molecule has 1 aliphatic rings. The number of nitrogens with zero attached hydrogens (tertiary/aromatic N) is 3. The molecule has 0 saturated carbocycles. The third kappa shape index (κ3) is 4.21. The third-order valence-electron chi connectivity index (χ3n) is 6.07. The highest BCUT2D eigenvalue weighted by Crippen LogP contribution is 2.21. The van der Waals surface area contributed by atoms with E-state index in [0.717, 1.165) is 32.5 Å². The highest BCUT2D eigenvalue weighted by Gasteiger charge is 2.23. The van der Waals surface area contributed by atoms with Crippen LogP contribution in [0, 0.1) is 5.92 Å². The van der Waals surface area contributed by atoms with Crippen LogP contribution in [0.5, 0.6) is 0 Å². The van der Waals surface area contributed by atoms with E-state index in [9.17, 15) is 13.2 Å². The first-order valence-corrected chi connectivity index (χ1v) is 11.7. The van der Waals surface area contributed by atoms with Gasteiger partial charge in [-0.1, -0.05) is 30.3 Å². The van der Waals surface area contributed by atoms with E-state index < -0.39 is 10.0 Å². The van der Waals surface area contributed by atoms with Gasteiger partial charge in [0.2, 0.25) is 10.0 Å². The molecule has 1 aliphatic heterocycles. The van der Waals surface area contributed by atoms with Crippen LogP contribution in [-0.4, -0.2) is 42.1 Å². The second kappa shape index (κ2) is 8.37. The van der Waals surface area contributed by atoms with Crippen LogP contribution in [0.4, 0.5) is 0 Å². The van der Waals surface area contributed by atoms with E-state index in [2.05, 4.69) is 33.9 Å². The zero-order valence-corrected chi connectivity index (χ0v) is 18.2. The van der Waals surface area contributed by atoms with Gasteiger partial charge in [0.05, 0.1) is 15.9 Å². The first-order valence-electron chi connectivity index (χ1n) is 10.3. The van der Waals surface area contributed by atoms with Crippen LogP contribution in [0.3, 0.4) is 0 Å². The number of hydrogen-bond acceptors (Lipinski definition) is 4. The van der Waals surface area contributed by atoms with Gasteiger partial charge in [0.25, 0.3) is 0 Å². The Morgan fingerprint density at radius 3 is 2.33 bits per heavy atom. The lowest BCUT2D eigenvalue weighted by atomic mass is 9.97. The molecule has 1 aromatic heterocycles. The van der Waals surface area contributed by atoms with Gasteiger partial charge in [0.15, 0.2) is 0 Å². The first-order chi connectivity index (χ1) is 14.3. The highest BCUT2D eigenvalue weighted by molar-refractivity contribution is 7.89. The molecule has 3 aromatic rings. The topological polar surface area (TPSA) is 76.3 Å². The smallest absolute Gasteiger partial charge is 0.299 e. The van der Waals surface area contributed by atoms with Gasteiger partial charge in [-0.25, -0.2) is 17.9 Å². The van der Waals surface area contributed by atoms with Crippen LogP contribution < -0.4 is 10.4 Å². The zero-order valence-electron chi connectivity index (χ0n) is 17.4. The molecule has 2 heterocycles. The lowest BCUT2D eigenvalue weighted by molar-refractivity contribution is 0.178. The number of aromatic nitrogens is 2. The zero-order chi connectivity index (χ0) is 21.3. The van der Waals surface area contributed by atoms with E-state index in [-0.39, 0.29) is 10.6 Å². The van der Waals surface area contributed by atoms with Crippen LogP contribution >= 0.6 is 0 Å². The van der Waals surface area contributed by atoms with E-state index in [1.54, 1.807) is 32.3 Å². The second-order valence-electron chi connectivity index (χ2n) is 8.11. The minimum Gasteiger partial charge on any atom is -0.299 e. The molecule has 0 bridgehead atoms. The number of hydrogen-bond donors (Lipinski definition) is 1. The normalized spacial score (nSPS) is 16.3. The molecule has 0 atom stereocenters. The van der Waals surface area contributed by atoms with E-state index >= 15 is 0 Å². The number of imidazole rings is 1. The maximum Gasteiger partial charge on any atom is 0.328 e. The van der Waals surface area contributed by atoms with E-state index in [1.165, 1.54) is 14.7 Å². The number of nitrogens with one attached hydrogen (secondary N) is 1. The Kier molecular flexibility index (Phi) is 5.81. The molecule has 0 amide bonds. The number of rotatable bonds is 6. The summed E-state index contributed by atoms with van der Waals surface area (Å²) in [5, 5.41) is 0. The molecule has 1 saturated heterocycles. The van der Waals surface area contributed by atoms with Gasteiger partial charge >= 0.3 is 5.69 Å². The number of fused-ring (bicyclic) bond motifs is 1. The van der Waals surface area contributed by atoms with Gasteiger partial charge in [-0.15, -0.1) is 0 Å². The summed E-state index contributed by atoms with van der Waals surface area (Å²) >= 11 is 0. The van der Waals surface area contributed by atoms with Gasteiger partial charge in [-0.2, -0.15) is 0 Å². The molecular weight excluding hydrogens is 400 g/mol. The average Bonchev–Trinajstić information content (AvgIpc) is 2.98. The molecule has 0 unspecified atom stereocenters. The van der Waals surface area contributed by atoms with Crippen LogP contribution in [0.2, 0.25) is 0 Å². The Morgan fingerprint density at radius 2 is 1.63 bits per heavy atom. The Hall–Kier alpha value is -2.42. The fourth-order valence-corrected chi connectivity index (χ4v) is 5.29. The predicted molar refractivity (Wildman–Crippen MR) is 118 cm³/mol. The highest BCUT2D eigenvalue weighted by atomic mass is 32.2. The molecular formula is C22H28N4O3S. The van der Waals surface area contributed by atoms with Crippen LogP contribution in [-0.2, 0) is 30.7 Å². The first kappa shape index (κ1) is 20.8. The summed E-state index contributed by atoms with van der Waals surface area (Å²) in [6.07, 6.45) is 1.95. The molecule has 4 rings (SSSR count). The monoisotopic (exact) mass is 428 g/mol. The Balaban J connectivity index is 1.36. The second-order valence-corrected chi connectivity index (χ2v) is 9.88. The van der Waals surface area contributed by atoms with Gasteiger partial charge in [-0.05, 0) is 55.6 Å². The van der Waals surface area contributed by atoms with Gasteiger partial charge in [0, 0.05) is 27.2 Å². The van der Waals surface area contributed by atoms with E-state index in [4.69, 9.17) is 0 Å². The largest absolute Gasteiger partial charge is 0.328 e. The van der Waals surface area contributed by atoms with Crippen LogP contribution in [0.25, 0.3) is 11.0 Å². The quantitative estimate of drug-likeness (QED) is 0.652. The SMILES string of the molecule is Cn1c(=O)n(C)c2cc(S(=O)(=O)NCC3CCN(Cc4ccccc4)CC3)ccc21. The summed E-state index contributed by atoms with van der Waals surface area (Å²) in [5.41, 5.74) is 2.46. The lowest BCUT2D eigenvalue weighted by Gasteiger charge is -2.32. The van der Waals surface area contributed by atoms with Crippen molar-refractivity contribution in [3.05, 3.63) is 64.6 Å². The molecule has 0 spiro atoms. The minimum atomic E-state index is -3.62. The average molecular weight is 429 g/mol. The fourth-order valence-electron chi connectivity index (χ4n) is 4.15. The molecule has 7 nitrogen and oxygen atoms in total. The molecule has 1 fully saturated rings. The van der Waals surface area contributed by atoms with Crippen molar-refractivity contribution < 1.29 is 8.42 Å². The van der Waals surface area contributed by atoms with Crippen LogP contribution in [0.15, 0.2) is 58.2 Å². The van der Waals surface area contributed by atoms with Crippen molar-refractivity contribution in [3.63, 3.8) is 0 Å². The summed E-state index contributed by atoms with van der Waals surface area (Å²) in [4.78, 5) is 14.7. The van der Waals surface area contributed by atoms with Crippen molar-refractivity contribution in [2.24, 2.45) is 20.0 Å². The summed E-state index contributed by atoms with van der Waals surface area (Å²) in [7, 11) is -0.289. The maximum atomic E-state index is 12.8. The number of aryl methyl sites for hydroxylation is 2. The summed E-state index contributed by atoms with van der Waals surface area (Å²) < 4.78 is 31.4. The molecule has 0 aliphatic carbocycles. The molecule has 30 heavy (non-hydrogen) atoms. The van der Waals surface area contributed by atoms with Gasteiger partial charge in [-0.3, -0.25) is 14.0 Å². The van der Waals surface area contributed by atoms with E-state index in [0.29, 0.717) is 23.5 Å². The standard InChI is InChI=1S/C22H28N4O3S/c1-24-20-9-8-19(14-21(20)25(2)22(24)27)30(28,29)23-15-17-10-12-26(13-11-17)16-18-6-4-3-5-7-18/h3-9,14,17,23H,10-13,15-16H2,1-2H3. The van der Waals surface area contributed by atoms with Gasteiger partial charge < -0.3 is 0 Å². The van der Waals surface area contributed by atoms with Crippen molar-refractivity contribution >= 4 is 21.1 Å². The summed E-state index contributed by atoms with van der Waals surface area (Å²) in [6, 6.07) is 15.2. The number of benzene rings is 2. The Morgan fingerprint density at radius 1 is 0.967 bits per heavy atom. The fraction of sp³-hybridized carbons (Fsp3) is 0.409. The Bertz CT molecular complexity index is 1190.